The molecule has 1 amide bonds. The van der Waals surface area contributed by atoms with Gasteiger partial charge >= 0.3 is 5.97 Å². The Morgan fingerprint density at radius 3 is 2.15 bits per heavy atom. The lowest BCUT2D eigenvalue weighted by Gasteiger charge is -2.15. The van der Waals surface area contributed by atoms with Crippen LogP contribution in [0.4, 0.5) is 5.69 Å². The van der Waals surface area contributed by atoms with Crippen LogP contribution in [-0.2, 0) is 9.53 Å². The van der Waals surface area contributed by atoms with Crippen molar-refractivity contribution in [2.45, 2.75) is 0 Å². The lowest BCUT2D eigenvalue weighted by Crippen LogP contribution is -2.21. The standard InChI is InChI=1S/C18H18ClNO6/c1-23-14-9-8-13(16(24-2)17(14)25-3)18(22)26-10-15(21)20-12-6-4-11(19)5-7-12/h4-9H,10H2,1-3H3,(H,20,21). The molecule has 0 bridgehead atoms. The number of carbonyl (C=O) groups excluding carboxylic acids is 2. The molecule has 0 unspecified atom stereocenters. The molecule has 26 heavy (non-hydrogen) atoms. The fraction of sp³-hybridized carbons (Fsp3) is 0.222. The van der Waals surface area contributed by atoms with Crippen LogP contribution in [0.5, 0.6) is 17.2 Å². The van der Waals surface area contributed by atoms with Gasteiger partial charge in [-0.3, -0.25) is 4.79 Å². The first-order chi connectivity index (χ1) is 12.5. The molecule has 138 valence electrons. The Balaban J connectivity index is 2.05. The van der Waals surface area contributed by atoms with E-state index in [1.54, 1.807) is 30.3 Å². The van der Waals surface area contributed by atoms with Crippen molar-refractivity contribution in [3.05, 3.63) is 47.0 Å². The Hall–Kier alpha value is -2.93. The van der Waals surface area contributed by atoms with Gasteiger partial charge in [0.2, 0.25) is 5.75 Å². The predicted octanol–water partition coefficient (Wildman–Crippen LogP) is 3.16. The van der Waals surface area contributed by atoms with Crippen LogP contribution in [0.3, 0.4) is 0 Å². The maximum atomic E-state index is 12.3. The monoisotopic (exact) mass is 379 g/mol. The number of rotatable bonds is 7. The molecule has 0 saturated heterocycles. The molecule has 2 aromatic carbocycles. The topological polar surface area (TPSA) is 83.1 Å². The minimum atomic E-state index is -0.728. The van der Waals surface area contributed by atoms with E-state index >= 15 is 0 Å². The highest BCUT2D eigenvalue weighted by Gasteiger charge is 2.22. The summed E-state index contributed by atoms with van der Waals surface area (Å²) >= 11 is 5.78. The van der Waals surface area contributed by atoms with Gasteiger partial charge in [-0.25, -0.2) is 4.79 Å². The second-order valence-electron chi connectivity index (χ2n) is 5.01. The second kappa shape index (κ2) is 8.96. The highest BCUT2D eigenvalue weighted by atomic mass is 35.5. The first kappa shape index (κ1) is 19.4. The Labute approximate surface area is 155 Å². The van der Waals surface area contributed by atoms with E-state index in [1.165, 1.54) is 27.4 Å². The van der Waals surface area contributed by atoms with Crippen molar-refractivity contribution in [1.82, 2.24) is 0 Å². The molecule has 0 aliphatic heterocycles. The van der Waals surface area contributed by atoms with Crippen molar-refractivity contribution in [1.29, 1.82) is 0 Å². The summed E-state index contributed by atoms with van der Waals surface area (Å²) in [4.78, 5) is 24.2. The van der Waals surface area contributed by atoms with Gasteiger partial charge in [0.05, 0.1) is 21.3 Å². The number of carbonyl (C=O) groups is 2. The number of methoxy groups -OCH3 is 3. The van der Waals surface area contributed by atoms with Crippen LogP contribution in [0.15, 0.2) is 36.4 Å². The van der Waals surface area contributed by atoms with Crippen molar-refractivity contribution in [3.63, 3.8) is 0 Å². The van der Waals surface area contributed by atoms with Crippen molar-refractivity contribution in [3.8, 4) is 17.2 Å². The van der Waals surface area contributed by atoms with Crippen LogP contribution in [0, 0.1) is 0 Å². The lowest BCUT2D eigenvalue weighted by molar-refractivity contribution is -0.119. The van der Waals surface area contributed by atoms with Gasteiger partial charge in [-0.2, -0.15) is 0 Å². The van der Waals surface area contributed by atoms with Crippen molar-refractivity contribution >= 4 is 29.2 Å². The summed E-state index contributed by atoms with van der Waals surface area (Å²) in [5, 5.41) is 3.15. The van der Waals surface area contributed by atoms with E-state index in [0.29, 0.717) is 16.5 Å². The molecule has 0 aromatic heterocycles. The smallest absolute Gasteiger partial charge is 0.342 e. The normalized spacial score (nSPS) is 10.0. The van der Waals surface area contributed by atoms with Crippen molar-refractivity contribution < 1.29 is 28.5 Å². The lowest BCUT2D eigenvalue weighted by atomic mass is 10.1. The number of amides is 1. The molecule has 0 heterocycles. The Bertz CT molecular complexity index is 791. The number of anilines is 1. The Morgan fingerprint density at radius 2 is 1.58 bits per heavy atom. The summed E-state index contributed by atoms with van der Waals surface area (Å²) in [6.45, 7) is -0.459. The minimum Gasteiger partial charge on any atom is -0.493 e. The molecule has 0 radical (unpaired) electrons. The van der Waals surface area contributed by atoms with Gasteiger partial charge in [0.25, 0.3) is 5.91 Å². The summed E-state index contributed by atoms with van der Waals surface area (Å²) in [5.74, 6) is -0.388. The van der Waals surface area contributed by atoms with E-state index in [2.05, 4.69) is 5.32 Å². The third-order valence-electron chi connectivity index (χ3n) is 3.39. The molecule has 0 saturated carbocycles. The molecule has 0 spiro atoms. The highest BCUT2D eigenvalue weighted by Crippen LogP contribution is 2.39. The number of halogens is 1. The molecular formula is C18H18ClNO6. The second-order valence-corrected chi connectivity index (χ2v) is 5.45. The zero-order chi connectivity index (χ0) is 19.1. The molecule has 0 aliphatic rings. The first-order valence-corrected chi connectivity index (χ1v) is 7.89. The van der Waals surface area contributed by atoms with Gasteiger partial charge < -0.3 is 24.3 Å². The van der Waals surface area contributed by atoms with Gasteiger partial charge in [-0.05, 0) is 36.4 Å². The zero-order valence-corrected chi connectivity index (χ0v) is 15.3. The molecule has 0 fully saturated rings. The number of esters is 1. The summed E-state index contributed by atoms with van der Waals surface area (Å²) < 4.78 is 20.6. The van der Waals surface area contributed by atoms with E-state index in [0.717, 1.165) is 0 Å². The fourth-order valence-corrected chi connectivity index (χ4v) is 2.33. The van der Waals surface area contributed by atoms with Crippen LogP contribution in [-0.4, -0.2) is 39.8 Å². The van der Waals surface area contributed by atoms with Gasteiger partial charge in [0, 0.05) is 10.7 Å². The van der Waals surface area contributed by atoms with E-state index in [4.69, 9.17) is 30.5 Å². The SMILES string of the molecule is COc1ccc(C(=O)OCC(=O)Nc2ccc(Cl)cc2)c(OC)c1OC. The summed E-state index contributed by atoms with van der Waals surface area (Å²) in [6.07, 6.45) is 0. The summed E-state index contributed by atoms with van der Waals surface area (Å²) in [7, 11) is 4.28. The summed E-state index contributed by atoms with van der Waals surface area (Å²) in [6, 6.07) is 9.57. The van der Waals surface area contributed by atoms with Crippen LogP contribution >= 0.6 is 11.6 Å². The average molecular weight is 380 g/mol. The van der Waals surface area contributed by atoms with Gasteiger partial charge in [0.15, 0.2) is 18.1 Å². The first-order valence-electron chi connectivity index (χ1n) is 7.51. The van der Waals surface area contributed by atoms with Gasteiger partial charge in [-0.1, -0.05) is 11.6 Å². The number of nitrogens with one attached hydrogen (secondary N) is 1. The number of hydrogen-bond acceptors (Lipinski definition) is 6. The molecular weight excluding hydrogens is 362 g/mol. The number of benzene rings is 2. The minimum absolute atomic E-state index is 0.115. The predicted molar refractivity (Wildman–Crippen MR) is 96.5 cm³/mol. The van der Waals surface area contributed by atoms with Crippen molar-refractivity contribution in [2.75, 3.05) is 33.3 Å². The van der Waals surface area contributed by atoms with Gasteiger partial charge in [-0.15, -0.1) is 0 Å². The highest BCUT2D eigenvalue weighted by molar-refractivity contribution is 6.30. The van der Waals surface area contributed by atoms with E-state index in [1.807, 2.05) is 0 Å². The fourth-order valence-electron chi connectivity index (χ4n) is 2.20. The van der Waals surface area contributed by atoms with E-state index < -0.39 is 18.5 Å². The van der Waals surface area contributed by atoms with Crippen LogP contribution in [0.2, 0.25) is 5.02 Å². The van der Waals surface area contributed by atoms with E-state index in [-0.39, 0.29) is 17.1 Å². The molecule has 0 aliphatic carbocycles. The Morgan fingerprint density at radius 1 is 0.923 bits per heavy atom. The zero-order valence-electron chi connectivity index (χ0n) is 14.5. The van der Waals surface area contributed by atoms with Gasteiger partial charge in [0.1, 0.15) is 5.56 Å². The molecule has 8 heteroatoms. The maximum Gasteiger partial charge on any atom is 0.342 e. The molecule has 7 nitrogen and oxygen atoms in total. The quantitative estimate of drug-likeness (QED) is 0.744. The van der Waals surface area contributed by atoms with Crippen LogP contribution in [0.25, 0.3) is 0 Å². The van der Waals surface area contributed by atoms with Crippen LogP contribution < -0.4 is 19.5 Å². The largest absolute Gasteiger partial charge is 0.493 e. The molecule has 2 rings (SSSR count). The van der Waals surface area contributed by atoms with Crippen LogP contribution in [0.1, 0.15) is 10.4 Å². The number of ether oxygens (including phenoxy) is 4. The maximum absolute atomic E-state index is 12.3. The average Bonchev–Trinajstić information content (AvgIpc) is 2.66. The van der Waals surface area contributed by atoms with E-state index in [9.17, 15) is 9.59 Å². The molecule has 1 N–H and O–H groups in total. The molecule has 2 aromatic rings. The Kier molecular flexibility index (Phi) is 6.68. The number of hydrogen-bond donors (Lipinski definition) is 1. The third kappa shape index (κ3) is 4.58. The third-order valence-corrected chi connectivity index (χ3v) is 3.64. The van der Waals surface area contributed by atoms with Crippen molar-refractivity contribution in [2.24, 2.45) is 0 Å². The molecule has 0 atom stereocenters. The summed E-state index contributed by atoms with van der Waals surface area (Å²) in [5.41, 5.74) is 0.656.